The van der Waals surface area contributed by atoms with E-state index in [0.717, 1.165) is 25.7 Å². The average Bonchev–Trinajstić information content (AvgIpc) is 2.90. The van der Waals surface area contributed by atoms with E-state index in [9.17, 15) is 14.4 Å². The third-order valence-electron chi connectivity index (χ3n) is 8.22. The molecule has 0 aromatic heterocycles. The first-order valence-corrected chi connectivity index (χ1v) is 10.6. The zero-order valence-corrected chi connectivity index (χ0v) is 17.0. The largest absolute Gasteiger partial charge is 0.481 e. The summed E-state index contributed by atoms with van der Waals surface area (Å²) in [5.41, 5.74) is 2.41. The minimum Gasteiger partial charge on any atom is -0.481 e. The minimum atomic E-state index is -0.898. The van der Waals surface area contributed by atoms with Crippen LogP contribution in [0.4, 0.5) is 0 Å². The molecule has 28 heavy (non-hydrogen) atoms. The summed E-state index contributed by atoms with van der Waals surface area (Å²) in [5.74, 6) is 0.447. The Balaban J connectivity index is 1.66. The Kier molecular flexibility index (Phi) is 4.52. The first kappa shape index (κ1) is 19.4. The van der Waals surface area contributed by atoms with Gasteiger partial charge in [0.2, 0.25) is 0 Å². The number of hydrogen-bond donors (Lipinski definition) is 1. The molecule has 4 heteroatoms. The Morgan fingerprint density at radius 3 is 2.71 bits per heavy atom. The van der Waals surface area contributed by atoms with Gasteiger partial charge in [0.15, 0.2) is 5.78 Å². The molecular formula is C24H30O4. The molecule has 0 bridgehead atoms. The molecule has 6 atom stereocenters. The summed E-state index contributed by atoms with van der Waals surface area (Å²) >= 11 is 0. The molecule has 150 valence electrons. The Bertz CT molecular complexity index is 832. The monoisotopic (exact) mass is 382 g/mol. The lowest BCUT2D eigenvalue weighted by molar-refractivity contribution is -0.140. The fourth-order valence-corrected chi connectivity index (χ4v) is 6.96. The second kappa shape index (κ2) is 6.53. The predicted octanol–water partition coefficient (Wildman–Crippen LogP) is 4.51. The number of ketones is 2. The summed E-state index contributed by atoms with van der Waals surface area (Å²) in [6, 6.07) is 0. The summed E-state index contributed by atoms with van der Waals surface area (Å²) in [4.78, 5) is 35.8. The van der Waals surface area contributed by atoms with Crippen molar-refractivity contribution < 1.29 is 19.5 Å². The summed E-state index contributed by atoms with van der Waals surface area (Å²) in [7, 11) is 0. The third kappa shape index (κ3) is 2.75. The third-order valence-corrected chi connectivity index (χ3v) is 8.22. The lowest BCUT2D eigenvalue weighted by atomic mass is 9.52. The van der Waals surface area contributed by atoms with Gasteiger partial charge in [-0.1, -0.05) is 37.1 Å². The van der Waals surface area contributed by atoms with Crippen molar-refractivity contribution in [3.63, 3.8) is 0 Å². The van der Waals surface area contributed by atoms with Crippen molar-refractivity contribution in [1.29, 1.82) is 0 Å². The van der Waals surface area contributed by atoms with Crippen molar-refractivity contribution in [3.8, 4) is 0 Å². The predicted molar refractivity (Wildman–Crippen MR) is 107 cm³/mol. The molecule has 0 aromatic rings. The van der Waals surface area contributed by atoms with Crippen LogP contribution in [-0.4, -0.2) is 22.6 Å². The van der Waals surface area contributed by atoms with Gasteiger partial charge in [-0.05, 0) is 67.9 Å². The van der Waals surface area contributed by atoms with Crippen molar-refractivity contribution in [1.82, 2.24) is 0 Å². The number of fused-ring (bicyclic) bond motifs is 5. The van der Waals surface area contributed by atoms with E-state index in [1.807, 2.05) is 6.08 Å². The molecule has 0 heterocycles. The summed E-state index contributed by atoms with van der Waals surface area (Å²) in [5, 5.41) is 8.98. The maximum atomic E-state index is 13.0. The zero-order chi connectivity index (χ0) is 20.3. The average molecular weight is 383 g/mol. The SMILES string of the molecule is C[C@@H]1C[C@H]2[C@@H]3CCC4=CC(=O)C=C[C@]4(C)C3=CC[C@]2(C)[C@H]1C(=O)CCC(=O)O. The van der Waals surface area contributed by atoms with Crippen LogP contribution in [-0.2, 0) is 14.4 Å². The van der Waals surface area contributed by atoms with Crippen LogP contribution in [0.2, 0.25) is 0 Å². The molecule has 1 N–H and O–H groups in total. The lowest BCUT2D eigenvalue weighted by Gasteiger charge is -2.52. The highest BCUT2D eigenvalue weighted by molar-refractivity contribution is 6.01. The summed E-state index contributed by atoms with van der Waals surface area (Å²) in [6.45, 7) is 6.66. The van der Waals surface area contributed by atoms with E-state index in [0.29, 0.717) is 11.8 Å². The molecular weight excluding hydrogens is 352 g/mol. The van der Waals surface area contributed by atoms with Gasteiger partial charge in [0.05, 0.1) is 6.42 Å². The van der Waals surface area contributed by atoms with E-state index in [4.69, 9.17) is 5.11 Å². The maximum Gasteiger partial charge on any atom is 0.303 e. The first-order chi connectivity index (χ1) is 13.2. The quantitative estimate of drug-likeness (QED) is 0.726. The topological polar surface area (TPSA) is 71.4 Å². The van der Waals surface area contributed by atoms with Gasteiger partial charge in [-0.15, -0.1) is 0 Å². The molecule has 4 rings (SSSR count). The van der Waals surface area contributed by atoms with Gasteiger partial charge in [-0.3, -0.25) is 14.4 Å². The Morgan fingerprint density at radius 1 is 1.25 bits per heavy atom. The molecule has 2 saturated carbocycles. The highest BCUT2D eigenvalue weighted by Crippen LogP contribution is 2.65. The lowest BCUT2D eigenvalue weighted by Crippen LogP contribution is -2.45. The van der Waals surface area contributed by atoms with E-state index in [1.54, 1.807) is 6.08 Å². The highest BCUT2D eigenvalue weighted by Gasteiger charge is 2.59. The van der Waals surface area contributed by atoms with Crippen LogP contribution in [0.15, 0.2) is 35.5 Å². The number of rotatable bonds is 4. The molecule has 0 saturated heterocycles. The standard InChI is InChI=1S/C24H30O4/c1-14-12-19-17-5-4-15-13-16(25)8-10-23(15,2)18(17)9-11-24(19,3)22(14)20(26)6-7-21(27)28/h8-10,13-14,17,19,22H,4-7,11-12H2,1-3H3,(H,27,28)/t14-,17-,19+,22-,23+,24+/m1/s1. The highest BCUT2D eigenvalue weighted by atomic mass is 16.4. The fraction of sp³-hybridized carbons (Fsp3) is 0.625. The Labute approximate surface area is 166 Å². The smallest absolute Gasteiger partial charge is 0.303 e. The van der Waals surface area contributed by atoms with Gasteiger partial charge >= 0.3 is 5.97 Å². The van der Waals surface area contributed by atoms with Crippen LogP contribution in [0.3, 0.4) is 0 Å². The number of hydrogen-bond acceptors (Lipinski definition) is 3. The van der Waals surface area contributed by atoms with Crippen LogP contribution in [0.5, 0.6) is 0 Å². The van der Waals surface area contributed by atoms with Gasteiger partial charge < -0.3 is 5.11 Å². The van der Waals surface area contributed by atoms with Crippen molar-refractivity contribution >= 4 is 17.5 Å². The van der Waals surface area contributed by atoms with Crippen molar-refractivity contribution in [2.45, 2.75) is 59.3 Å². The minimum absolute atomic E-state index is 0.0529. The van der Waals surface area contributed by atoms with Crippen molar-refractivity contribution in [2.24, 2.45) is 34.5 Å². The number of aliphatic carboxylic acids is 1. The number of carbonyl (C=O) groups excluding carboxylic acids is 2. The van der Waals surface area contributed by atoms with E-state index in [1.165, 1.54) is 11.1 Å². The van der Waals surface area contributed by atoms with Crippen molar-refractivity contribution in [3.05, 3.63) is 35.5 Å². The van der Waals surface area contributed by atoms with E-state index >= 15 is 0 Å². The molecule has 4 aliphatic carbocycles. The molecule has 0 unspecified atom stereocenters. The number of allylic oxidation sites excluding steroid dienone is 6. The molecule has 4 aliphatic rings. The molecule has 0 spiro atoms. The molecule has 0 aliphatic heterocycles. The first-order valence-electron chi connectivity index (χ1n) is 10.6. The zero-order valence-electron chi connectivity index (χ0n) is 17.0. The van der Waals surface area contributed by atoms with Gasteiger partial charge in [0, 0.05) is 17.8 Å². The summed E-state index contributed by atoms with van der Waals surface area (Å²) in [6.07, 6.45) is 11.9. The van der Waals surface area contributed by atoms with Crippen LogP contribution in [0.25, 0.3) is 0 Å². The molecule has 0 aromatic carbocycles. The van der Waals surface area contributed by atoms with Crippen LogP contribution in [0.1, 0.15) is 59.3 Å². The Hall–Kier alpha value is -1.97. The van der Waals surface area contributed by atoms with Crippen LogP contribution >= 0.6 is 0 Å². The molecule has 2 fully saturated rings. The van der Waals surface area contributed by atoms with Gasteiger partial charge in [0.1, 0.15) is 5.78 Å². The van der Waals surface area contributed by atoms with E-state index < -0.39 is 5.97 Å². The number of Topliss-reactive ketones (excluding diaryl/α,β-unsaturated/α-hetero) is 1. The van der Waals surface area contributed by atoms with Gasteiger partial charge in [-0.2, -0.15) is 0 Å². The number of carboxylic acid groups (broad SMARTS) is 1. The fourth-order valence-electron chi connectivity index (χ4n) is 6.96. The second-order valence-electron chi connectivity index (χ2n) is 9.78. The summed E-state index contributed by atoms with van der Waals surface area (Å²) < 4.78 is 0. The molecule has 4 nitrogen and oxygen atoms in total. The number of carbonyl (C=O) groups is 3. The van der Waals surface area contributed by atoms with Crippen molar-refractivity contribution in [2.75, 3.05) is 0 Å². The van der Waals surface area contributed by atoms with Crippen LogP contribution < -0.4 is 0 Å². The molecule has 0 radical (unpaired) electrons. The number of carboxylic acids is 1. The van der Waals surface area contributed by atoms with Crippen LogP contribution in [0, 0.1) is 34.5 Å². The van der Waals surface area contributed by atoms with E-state index in [2.05, 4.69) is 32.9 Å². The van der Waals surface area contributed by atoms with Gasteiger partial charge in [-0.25, -0.2) is 0 Å². The second-order valence-corrected chi connectivity index (χ2v) is 9.78. The van der Waals surface area contributed by atoms with E-state index in [-0.39, 0.29) is 47.1 Å². The maximum absolute atomic E-state index is 13.0. The normalized spacial score (nSPS) is 41.5. The van der Waals surface area contributed by atoms with Gasteiger partial charge in [0.25, 0.3) is 0 Å². The molecule has 0 amide bonds. The Morgan fingerprint density at radius 2 is 2.00 bits per heavy atom.